The third-order valence-electron chi connectivity index (χ3n) is 8.94. The van der Waals surface area contributed by atoms with Crippen molar-refractivity contribution in [1.29, 1.82) is 0 Å². The standard InChI is InChI=1S/C34H33ClF7N9O3/c1-31(2,3)15-32(21-7-4-18(5-8-21)20-12-45-49(13-20)28(36)37)27(52)50(29(43)48-32)26(14-54-30(53)47-24-11-22(24)34(40,41)42)19-6-9-23(35)25(10-19)51-33(38,39)16-44-17-46-51/h4-10,12-13,16-17,22,24,26,28H,11,14-15H2,1-3H3,(H2,43,48)(H,47,53)/t22?,24-,26-,32-/m1/s1. The van der Waals surface area contributed by atoms with Crippen molar-refractivity contribution in [2.45, 2.75) is 70.0 Å². The third kappa shape index (κ3) is 7.72. The number of anilines is 1. The summed E-state index contributed by atoms with van der Waals surface area (Å²) >= 11 is 6.34. The number of carbonyl (C=O) groups excluding carboxylic acids is 2. The molecule has 288 valence electrons. The number of nitrogens with zero attached hydrogens (tertiary/aromatic N) is 7. The fourth-order valence-electron chi connectivity index (χ4n) is 6.45. The van der Waals surface area contributed by atoms with Crippen LogP contribution < -0.4 is 16.1 Å². The van der Waals surface area contributed by atoms with E-state index in [1.54, 1.807) is 24.3 Å². The molecule has 1 aliphatic carbocycles. The Balaban J connectivity index is 1.37. The lowest BCUT2D eigenvalue weighted by molar-refractivity contribution is -0.149. The van der Waals surface area contributed by atoms with Crippen LogP contribution in [0.1, 0.15) is 57.3 Å². The summed E-state index contributed by atoms with van der Waals surface area (Å²) in [7, 11) is 0. The van der Waals surface area contributed by atoms with Crippen LogP contribution in [0.2, 0.25) is 5.02 Å². The van der Waals surface area contributed by atoms with Gasteiger partial charge in [-0.15, -0.1) is 0 Å². The smallest absolute Gasteiger partial charge is 0.407 e. The van der Waals surface area contributed by atoms with Crippen LogP contribution in [0.5, 0.6) is 0 Å². The molecule has 1 unspecified atom stereocenters. The molecule has 0 bridgehead atoms. The van der Waals surface area contributed by atoms with E-state index in [1.165, 1.54) is 24.4 Å². The topological polar surface area (TPSA) is 143 Å². The Bertz CT molecular complexity index is 2010. The predicted octanol–water partition coefficient (Wildman–Crippen LogP) is 7.23. The van der Waals surface area contributed by atoms with Crippen LogP contribution in [0.3, 0.4) is 0 Å². The second kappa shape index (κ2) is 13.9. The summed E-state index contributed by atoms with van der Waals surface area (Å²) in [5.74, 6) is -2.79. The van der Waals surface area contributed by atoms with Crippen LogP contribution in [0, 0.1) is 11.3 Å². The first-order chi connectivity index (χ1) is 25.2. The van der Waals surface area contributed by atoms with E-state index >= 15 is 0 Å². The monoisotopic (exact) mass is 783 g/mol. The Kier molecular flexibility index (Phi) is 9.91. The number of halogens is 8. The number of hydrazone groups is 1. The van der Waals surface area contributed by atoms with Gasteiger partial charge in [0.1, 0.15) is 12.9 Å². The van der Waals surface area contributed by atoms with Crippen LogP contribution in [-0.4, -0.2) is 70.1 Å². The normalized spacial score (nSPS) is 22.8. The number of alkyl halides is 7. The molecule has 1 saturated carbocycles. The fraction of sp³-hybridized carbons (Fsp3) is 0.412. The molecule has 54 heavy (non-hydrogen) atoms. The molecule has 0 saturated heterocycles. The van der Waals surface area contributed by atoms with Gasteiger partial charge in [0.05, 0.1) is 35.1 Å². The number of benzene rings is 2. The Labute approximate surface area is 308 Å². The number of alkyl carbamates (subject to hydrolysis) is 1. The first-order valence-electron chi connectivity index (χ1n) is 16.4. The largest absolute Gasteiger partial charge is 0.447 e. The van der Waals surface area contributed by atoms with E-state index in [0.29, 0.717) is 32.6 Å². The highest BCUT2D eigenvalue weighted by atomic mass is 35.5. The molecule has 0 radical (unpaired) electrons. The second-order valence-corrected chi connectivity index (χ2v) is 14.6. The zero-order valence-electron chi connectivity index (χ0n) is 28.7. The number of ether oxygens (including phenoxy) is 1. The Hall–Kier alpha value is -5.20. The maximum atomic E-state index is 14.9. The number of amides is 2. The van der Waals surface area contributed by atoms with E-state index in [0.717, 1.165) is 17.4 Å². The number of nitrogens with two attached hydrogens (primary N) is 1. The molecule has 3 aliphatic rings. The average Bonchev–Trinajstić information content (AvgIpc) is 3.60. The molecule has 4 atom stereocenters. The van der Waals surface area contributed by atoms with Gasteiger partial charge in [0.2, 0.25) is 0 Å². The van der Waals surface area contributed by atoms with Gasteiger partial charge < -0.3 is 15.8 Å². The number of aliphatic imine (C=N–C) groups is 2. The van der Waals surface area contributed by atoms with Crippen molar-refractivity contribution in [1.82, 2.24) is 20.0 Å². The van der Waals surface area contributed by atoms with Crippen molar-refractivity contribution in [2.75, 3.05) is 11.6 Å². The minimum Gasteiger partial charge on any atom is -0.447 e. The zero-order valence-corrected chi connectivity index (χ0v) is 29.5. The maximum absolute atomic E-state index is 14.9. The molecule has 6 rings (SSSR count). The number of rotatable bonds is 10. The summed E-state index contributed by atoms with van der Waals surface area (Å²) in [6.45, 7) is 2.01. The van der Waals surface area contributed by atoms with E-state index in [9.17, 15) is 40.3 Å². The zero-order chi connectivity index (χ0) is 39.4. The Morgan fingerprint density at radius 1 is 1.11 bits per heavy atom. The van der Waals surface area contributed by atoms with Crippen molar-refractivity contribution < 1.29 is 45.1 Å². The first kappa shape index (κ1) is 38.5. The molecule has 0 spiro atoms. The van der Waals surface area contributed by atoms with E-state index < -0.39 is 66.3 Å². The molecule has 20 heteroatoms. The molecule has 12 nitrogen and oxygen atoms in total. The number of hydrogen-bond donors (Lipinski definition) is 2. The van der Waals surface area contributed by atoms with Gasteiger partial charge in [-0.1, -0.05) is 62.7 Å². The quantitative estimate of drug-likeness (QED) is 0.164. The number of aromatic nitrogens is 2. The highest BCUT2D eigenvalue weighted by Gasteiger charge is 2.57. The fourth-order valence-corrected chi connectivity index (χ4v) is 6.65. The summed E-state index contributed by atoms with van der Waals surface area (Å²) in [4.78, 5) is 36.7. The number of hydrogen-bond acceptors (Lipinski definition) is 9. The van der Waals surface area contributed by atoms with Crippen LogP contribution in [-0.2, 0) is 15.1 Å². The number of carbonyl (C=O) groups is 2. The summed E-state index contributed by atoms with van der Waals surface area (Å²) in [6.07, 6.45) is -2.39. The number of guanidine groups is 1. The maximum Gasteiger partial charge on any atom is 0.407 e. The molecule has 3 aromatic rings. The van der Waals surface area contributed by atoms with Crippen LogP contribution in [0.25, 0.3) is 11.1 Å². The van der Waals surface area contributed by atoms with E-state index in [1.807, 2.05) is 20.8 Å². The summed E-state index contributed by atoms with van der Waals surface area (Å²) in [6, 6.07) is 3.85. The van der Waals surface area contributed by atoms with Crippen LogP contribution in [0.4, 0.5) is 41.2 Å². The van der Waals surface area contributed by atoms with Gasteiger partial charge >= 0.3 is 24.9 Å². The van der Waals surface area contributed by atoms with Gasteiger partial charge in [0.15, 0.2) is 11.5 Å². The highest BCUT2D eigenvalue weighted by molar-refractivity contribution is 6.33. The average molecular weight is 784 g/mol. The SMILES string of the molecule is CC(C)(C)C[C@]1(c2ccc(-c3cnn(C(F)F)c3)cc2)N=C(N)N([C@H](COC(=O)N[C@@H]2CC2C(F)(F)F)c2ccc(Cl)c(N3N=CN=CC3(F)F)c2)C1=O. The van der Waals surface area contributed by atoms with Crippen LogP contribution >= 0.6 is 11.6 Å². The van der Waals surface area contributed by atoms with Gasteiger partial charge in [0, 0.05) is 17.8 Å². The molecule has 2 amide bonds. The van der Waals surface area contributed by atoms with E-state index in [-0.39, 0.29) is 35.1 Å². The van der Waals surface area contributed by atoms with Crippen molar-refractivity contribution in [2.24, 2.45) is 32.2 Å². The molecule has 2 aliphatic heterocycles. The molecule has 3 N–H and O–H groups in total. The molecule has 2 aromatic carbocycles. The molecular weight excluding hydrogens is 751 g/mol. The minimum absolute atomic E-state index is 0.0692. The van der Waals surface area contributed by atoms with Crippen molar-refractivity contribution in [3.8, 4) is 11.1 Å². The predicted molar refractivity (Wildman–Crippen MR) is 184 cm³/mol. The van der Waals surface area contributed by atoms with E-state index in [4.69, 9.17) is 22.1 Å². The Morgan fingerprint density at radius 2 is 1.81 bits per heavy atom. The number of nitrogens with one attached hydrogen (secondary N) is 1. The Morgan fingerprint density at radius 3 is 2.41 bits per heavy atom. The molecule has 1 fully saturated rings. The highest BCUT2D eigenvalue weighted by Crippen LogP contribution is 2.47. The van der Waals surface area contributed by atoms with Crippen LogP contribution in [0.15, 0.2) is 69.9 Å². The third-order valence-corrected chi connectivity index (χ3v) is 9.26. The molecular formula is C34H33ClF7N9O3. The first-order valence-corrected chi connectivity index (χ1v) is 16.7. The molecule has 1 aromatic heterocycles. The summed E-state index contributed by atoms with van der Waals surface area (Å²) in [5.41, 5.74) is 5.22. The van der Waals surface area contributed by atoms with E-state index in [2.05, 4.69) is 25.5 Å². The van der Waals surface area contributed by atoms with Gasteiger partial charge in [0.25, 0.3) is 5.91 Å². The van der Waals surface area contributed by atoms with Gasteiger partial charge in [-0.25, -0.2) is 19.5 Å². The molecule has 3 heterocycles. The lowest BCUT2D eigenvalue weighted by Gasteiger charge is -2.35. The van der Waals surface area contributed by atoms with Gasteiger partial charge in [-0.2, -0.15) is 45.9 Å². The lowest BCUT2D eigenvalue weighted by atomic mass is 9.75. The van der Waals surface area contributed by atoms with Crippen molar-refractivity contribution in [3.05, 3.63) is 71.0 Å². The lowest BCUT2D eigenvalue weighted by Crippen LogP contribution is -2.48. The minimum atomic E-state index is -4.53. The van der Waals surface area contributed by atoms with Crippen molar-refractivity contribution in [3.63, 3.8) is 0 Å². The summed E-state index contributed by atoms with van der Waals surface area (Å²) < 4.78 is 101. The van der Waals surface area contributed by atoms with Crippen molar-refractivity contribution >= 4 is 47.8 Å². The summed E-state index contributed by atoms with van der Waals surface area (Å²) in [5, 5.41) is 9.57. The second-order valence-electron chi connectivity index (χ2n) is 14.2. The van der Waals surface area contributed by atoms with Gasteiger partial charge in [-0.05, 0) is 47.1 Å². The van der Waals surface area contributed by atoms with Gasteiger partial charge in [-0.3, -0.25) is 9.69 Å².